The van der Waals surface area contributed by atoms with Crippen LogP contribution >= 0.6 is 0 Å². The number of methoxy groups -OCH3 is 1. The number of likely N-dealkylation sites (tertiary alicyclic amines) is 1. The monoisotopic (exact) mass is 365 g/mol. The predicted octanol–water partition coefficient (Wildman–Crippen LogP) is 1.29. The number of hydrogen-bond acceptors (Lipinski definition) is 7. The molecule has 0 amide bonds. The van der Waals surface area contributed by atoms with E-state index in [0.717, 1.165) is 30.9 Å². The third-order valence-electron chi connectivity index (χ3n) is 5.91. The zero-order chi connectivity index (χ0) is 18.4. The molecular weight excluding hydrogens is 338 g/mol. The van der Waals surface area contributed by atoms with Gasteiger partial charge in [-0.25, -0.2) is 0 Å². The third-order valence-corrected chi connectivity index (χ3v) is 5.91. The molecule has 4 rings (SSSR count). The number of nitrogens with zero attached hydrogens (tertiary/aromatic N) is 1. The lowest BCUT2D eigenvalue weighted by Crippen LogP contribution is -2.64. The van der Waals surface area contributed by atoms with E-state index in [-0.39, 0.29) is 6.79 Å². The Kier molecular flexibility index (Phi) is 4.51. The summed E-state index contributed by atoms with van der Waals surface area (Å²) in [7, 11) is 1.62. The second-order valence-electron chi connectivity index (χ2n) is 7.73. The number of ether oxygens (including phenoxy) is 4. The van der Waals surface area contributed by atoms with Gasteiger partial charge >= 0.3 is 0 Å². The lowest BCUT2D eigenvalue weighted by Gasteiger charge is -2.51. The summed E-state index contributed by atoms with van der Waals surface area (Å²) in [6.45, 7) is 4.76. The first-order valence-corrected chi connectivity index (χ1v) is 9.17. The molecule has 7 heteroatoms. The molecule has 0 radical (unpaired) electrons. The first kappa shape index (κ1) is 17.9. The van der Waals surface area contributed by atoms with Gasteiger partial charge in [-0.2, -0.15) is 0 Å². The van der Waals surface area contributed by atoms with Crippen molar-refractivity contribution in [2.75, 3.05) is 33.6 Å². The predicted molar refractivity (Wildman–Crippen MR) is 93.6 cm³/mol. The molecule has 0 saturated carbocycles. The molecule has 3 heterocycles. The van der Waals surface area contributed by atoms with Crippen LogP contribution < -0.4 is 14.2 Å². The van der Waals surface area contributed by atoms with Crippen LogP contribution in [-0.4, -0.2) is 66.0 Å². The molecule has 0 aromatic heterocycles. The van der Waals surface area contributed by atoms with Crippen LogP contribution in [0.5, 0.6) is 17.2 Å². The van der Waals surface area contributed by atoms with E-state index < -0.39 is 17.3 Å². The molecule has 1 aromatic carbocycles. The van der Waals surface area contributed by atoms with Crippen molar-refractivity contribution in [1.82, 2.24) is 4.90 Å². The quantitative estimate of drug-likeness (QED) is 0.835. The van der Waals surface area contributed by atoms with Crippen LogP contribution in [0.25, 0.3) is 0 Å². The van der Waals surface area contributed by atoms with Crippen LogP contribution in [0, 0.1) is 0 Å². The Hall–Kier alpha value is -1.54. The van der Waals surface area contributed by atoms with Crippen LogP contribution in [0.4, 0.5) is 0 Å². The summed E-state index contributed by atoms with van der Waals surface area (Å²) in [4.78, 5) is 2.32. The zero-order valence-corrected chi connectivity index (χ0v) is 15.4. The number of hydrogen-bond donors (Lipinski definition) is 2. The van der Waals surface area contributed by atoms with Crippen molar-refractivity contribution in [1.29, 1.82) is 0 Å². The number of fused-ring (bicyclic) bond motifs is 1. The van der Waals surface area contributed by atoms with Gasteiger partial charge in [0, 0.05) is 26.1 Å². The van der Waals surface area contributed by atoms with Gasteiger partial charge in [-0.1, -0.05) is 0 Å². The van der Waals surface area contributed by atoms with Crippen LogP contribution in [0.3, 0.4) is 0 Å². The van der Waals surface area contributed by atoms with Gasteiger partial charge in [0.15, 0.2) is 11.5 Å². The van der Waals surface area contributed by atoms with Crippen LogP contribution in [-0.2, 0) is 11.3 Å². The van der Waals surface area contributed by atoms with E-state index in [1.54, 1.807) is 14.0 Å². The van der Waals surface area contributed by atoms with Crippen molar-refractivity contribution in [3.8, 4) is 17.2 Å². The van der Waals surface area contributed by atoms with E-state index in [1.165, 1.54) is 0 Å². The Morgan fingerprint density at radius 3 is 2.73 bits per heavy atom. The normalized spacial score (nSPS) is 30.5. The summed E-state index contributed by atoms with van der Waals surface area (Å²) < 4.78 is 22.3. The standard InChI is InChI=1S/C19H27NO6/c1-18(22)5-8-26-19(17(18)21)3-6-20(7-4-19)11-13-9-14(23-2)16-15(10-13)24-12-25-16/h9-10,17,21-22H,3-8,11-12H2,1-2H3/t17-,18+/m0/s1. The maximum Gasteiger partial charge on any atom is 0.231 e. The molecule has 26 heavy (non-hydrogen) atoms. The fourth-order valence-electron chi connectivity index (χ4n) is 4.28. The van der Waals surface area contributed by atoms with Gasteiger partial charge in [0.05, 0.1) is 24.9 Å². The van der Waals surface area contributed by atoms with E-state index in [2.05, 4.69) is 4.90 Å². The molecule has 1 spiro atoms. The highest BCUT2D eigenvalue weighted by Crippen LogP contribution is 2.43. The largest absolute Gasteiger partial charge is 0.493 e. The Morgan fingerprint density at radius 1 is 1.23 bits per heavy atom. The van der Waals surface area contributed by atoms with Crippen molar-refractivity contribution >= 4 is 0 Å². The summed E-state index contributed by atoms with van der Waals surface area (Å²) in [5.74, 6) is 2.07. The van der Waals surface area contributed by atoms with Gasteiger partial charge in [0.25, 0.3) is 0 Å². The van der Waals surface area contributed by atoms with Crippen molar-refractivity contribution < 1.29 is 29.2 Å². The summed E-state index contributed by atoms with van der Waals surface area (Å²) in [6.07, 6.45) is 1.02. The molecule has 7 nitrogen and oxygen atoms in total. The second kappa shape index (κ2) is 6.56. The van der Waals surface area contributed by atoms with E-state index in [1.807, 2.05) is 12.1 Å². The number of aliphatic hydroxyl groups excluding tert-OH is 1. The Bertz CT molecular complexity index is 668. The maximum absolute atomic E-state index is 10.6. The highest BCUT2D eigenvalue weighted by molar-refractivity contribution is 5.55. The Balaban J connectivity index is 1.43. The molecule has 1 aromatic rings. The first-order chi connectivity index (χ1) is 12.4. The molecule has 3 aliphatic heterocycles. The van der Waals surface area contributed by atoms with Gasteiger partial charge in [0.2, 0.25) is 12.5 Å². The van der Waals surface area contributed by atoms with Crippen molar-refractivity contribution in [2.45, 2.75) is 50.0 Å². The van der Waals surface area contributed by atoms with E-state index >= 15 is 0 Å². The minimum Gasteiger partial charge on any atom is -0.493 e. The second-order valence-corrected chi connectivity index (χ2v) is 7.73. The number of piperidine rings is 1. The van der Waals surface area contributed by atoms with E-state index in [9.17, 15) is 10.2 Å². The average molecular weight is 365 g/mol. The smallest absolute Gasteiger partial charge is 0.231 e. The molecule has 0 bridgehead atoms. The molecule has 0 unspecified atom stereocenters. The SMILES string of the molecule is COc1cc(CN2CCC3(CC2)OCC[C@@](C)(O)[C@@H]3O)cc2c1OCO2. The van der Waals surface area contributed by atoms with Gasteiger partial charge < -0.3 is 29.2 Å². The molecule has 2 saturated heterocycles. The van der Waals surface area contributed by atoms with Crippen LogP contribution in [0.15, 0.2) is 12.1 Å². The van der Waals surface area contributed by atoms with Crippen molar-refractivity contribution in [2.24, 2.45) is 0 Å². The summed E-state index contributed by atoms with van der Waals surface area (Å²) in [5.41, 5.74) is -0.616. The van der Waals surface area contributed by atoms with Crippen molar-refractivity contribution in [3.05, 3.63) is 17.7 Å². The molecule has 2 fully saturated rings. The number of rotatable bonds is 3. The third kappa shape index (κ3) is 3.03. The molecule has 0 aliphatic carbocycles. The zero-order valence-electron chi connectivity index (χ0n) is 15.4. The number of aliphatic hydroxyl groups is 2. The van der Waals surface area contributed by atoms with Crippen LogP contribution in [0.1, 0.15) is 31.7 Å². The molecule has 2 atom stereocenters. The summed E-state index contributed by atoms with van der Waals surface area (Å²) in [5, 5.41) is 21.0. The van der Waals surface area contributed by atoms with E-state index in [4.69, 9.17) is 18.9 Å². The average Bonchev–Trinajstić information content (AvgIpc) is 3.09. The lowest BCUT2D eigenvalue weighted by atomic mass is 9.75. The summed E-state index contributed by atoms with van der Waals surface area (Å²) >= 11 is 0. The fourth-order valence-corrected chi connectivity index (χ4v) is 4.28. The number of benzene rings is 1. The lowest BCUT2D eigenvalue weighted by molar-refractivity contribution is -0.246. The van der Waals surface area contributed by atoms with Gasteiger partial charge in [0.1, 0.15) is 6.10 Å². The first-order valence-electron chi connectivity index (χ1n) is 9.17. The molecule has 3 aliphatic rings. The van der Waals surface area contributed by atoms with Crippen molar-refractivity contribution in [3.63, 3.8) is 0 Å². The van der Waals surface area contributed by atoms with Gasteiger partial charge in [-0.3, -0.25) is 4.90 Å². The molecular formula is C19H27NO6. The highest BCUT2D eigenvalue weighted by atomic mass is 16.7. The van der Waals surface area contributed by atoms with E-state index in [0.29, 0.717) is 37.4 Å². The minimum absolute atomic E-state index is 0.219. The fraction of sp³-hybridized carbons (Fsp3) is 0.684. The van der Waals surface area contributed by atoms with Gasteiger partial charge in [-0.05, 0) is 37.5 Å². The minimum atomic E-state index is -1.08. The highest BCUT2D eigenvalue weighted by Gasteiger charge is 2.52. The summed E-state index contributed by atoms with van der Waals surface area (Å²) in [6, 6.07) is 3.97. The molecule has 144 valence electrons. The molecule has 2 N–H and O–H groups in total. The topological polar surface area (TPSA) is 80.6 Å². The van der Waals surface area contributed by atoms with Crippen LogP contribution in [0.2, 0.25) is 0 Å². The van der Waals surface area contributed by atoms with Gasteiger partial charge in [-0.15, -0.1) is 0 Å². The Labute approximate surface area is 153 Å². The maximum atomic E-state index is 10.6. The Morgan fingerprint density at radius 2 is 2.00 bits per heavy atom.